The summed E-state index contributed by atoms with van der Waals surface area (Å²) >= 11 is 0. The van der Waals surface area contributed by atoms with Gasteiger partial charge in [0.15, 0.2) is 0 Å². The summed E-state index contributed by atoms with van der Waals surface area (Å²) in [6.07, 6.45) is 1.80. The lowest BCUT2D eigenvalue weighted by Gasteiger charge is -2.11. The molecule has 0 heterocycles. The van der Waals surface area contributed by atoms with Crippen molar-refractivity contribution in [1.82, 2.24) is 5.32 Å². The average Bonchev–Trinajstić information content (AvgIpc) is 2.03. The van der Waals surface area contributed by atoms with Crippen LogP contribution in [0, 0.1) is 5.92 Å². The molecule has 3 nitrogen and oxygen atoms in total. The number of nitrogens with two attached hydrogens (primary N) is 1. The SMILES string of the molecule is CCCNC(=O)C(CC)CN. The summed E-state index contributed by atoms with van der Waals surface area (Å²) < 4.78 is 0. The van der Waals surface area contributed by atoms with E-state index in [4.69, 9.17) is 5.73 Å². The molecule has 0 aromatic rings. The first-order valence-corrected chi connectivity index (χ1v) is 4.24. The number of carbonyl (C=O) groups is 1. The van der Waals surface area contributed by atoms with Crippen LogP contribution in [0.1, 0.15) is 26.7 Å². The smallest absolute Gasteiger partial charge is 0.224 e. The van der Waals surface area contributed by atoms with E-state index in [9.17, 15) is 4.79 Å². The van der Waals surface area contributed by atoms with Crippen LogP contribution in [0.2, 0.25) is 0 Å². The highest BCUT2D eigenvalue weighted by Gasteiger charge is 2.12. The van der Waals surface area contributed by atoms with Gasteiger partial charge >= 0.3 is 0 Å². The predicted octanol–water partition coefficient (Wildman–Crippen LogP) is 0.497. The van der Waals surface area contributed by atoms with Gasteiger partial charge in [0.2, 0.25) is 5.91 Å². The van der Waals surface area contributed by atoms with Crippen molar-refractivity contribution in [3.05, 3.63) is 0 Å². The number of hydrogen-bond acceptors (Lipinski definition) is 2. The molecule has 3 heteroatoms. The minimum atomic E-state index is 0.00144. The Morgan fingerprint density at radius 1 is 1.55 bits per heavy atom. The molecule has 1 amide bonds. The highest BCUT2D eigenvalue weighted by Crippen LogP contribution is 1.98. The molecule has 0 saturated carbocycles. The van der Waals surface area contributed by atoms with Crippen LogP contribution in [0.5, 0.6) is 0 Å². The van der Waals surface area contributed by atoms with Crippen LogP contribution in [0.4, 0.5) is 0 Å². The van der Waals surface area contributed by atoms with Crippen molar-refractivity contribution in [2.24, 2.45) is 11.7 Å². The molecule has 11 heavy (non-hydrogen) atoms. The van der Waals surface area contributed by atoms with Crippen molar-refractivity contribution in [3.8, 4) is 0 Å². The zero-order valence-corrected chi connectivity index (χ0v) is 7.39. The number of rotatable bonds is 5. The maximum Gasteiger partial charge on any atom is 0.224 e. The summed E-state index contributed by atoms with van der Waals surface area (Å²) in [5, 5.41) is 2.82. The van der Waals surface area contributed by atoms with Crippen molar-refractivity contribution in [3.63, 3.8) is 0 Å². The Morgan fingerprint density at radius 2 is 2.18 bits per heavy atom. The number of carbonyl (C=O) groups excluding carboxylic acids is 1. The Morgan fingerprint density at radius 3 is 2.55 bits per heavy atom. The van der Waals surface area contributed by atoms with Crippen LogP contribution in [0.3, 0.4) is 0 Å². The monoisotopic (exact) mass is 158 g/mol. The fourth-order valence-corrected chi connectivity index (χ4v) is 0.852. The van der Waals surface area contributed by atoms with Gasteiger partial charge in [0.05, 0.1) is 0 Å². The van der Waals surface area contributed by atoms with Gasteiger partial charge in [0, 0.05) is 19.0 Å². The molecule has 0 bridgehead atoms. The quantitative estimate of drug-likeness (QED) is 0.612. The minimum Gasteiger partial charge on any atom is -0.356 e. The van der Waals surface area contributed by atoms with E-state index >= 15 is 0 Å². The normalized spacial score (nSPS) is 12.6. The zero-order valence-electron chi connectivity index (χ0n) is 7.39. The van der Waals surface area contributed by atoms with E-state index in [1.54, 1.807) is 0 Å². The third-order valence-electron chi connectivity index (χ3n) is 1.70. The second kappa shape index (κ2) is 6.16. The fourth-order valence-electron chi connectivity index (χ4n) is 0.852. The molecule has 0 radical (unpaired) electrons. The molecule has 0 fully saturated rings. The van der Waals surface area contributed by atoms with Crippen molar-refractivity contribution in [2.45, 2.75) is 26.7 Å². The summed E-state index contributed by atoms with van der Waals surface area (Å²) in [6, 6.07) is 0. The first kappa shape index (κ1) is 10.4. The molecule has 3 N–H and O–H groups in total. The molecule has 0 aromatic carbocycles. The van der Waals surface area contributed by atoms with E-state index in [0.29, 0.717) is 6.54 Å². The Bertz CT molecular complexity index is 111. The second-order valence-corrected chi connectivity index (χ2v) is 2.63. The Hall–Kier alpha value is -0.570. The third-order valence-corrected chi connectivity index (χ3v) is 1.70. The van der Waals surface area contributed by atoms with E-state index in [-0.39, 0.29) is 11.8 Å². The second-order valence-electron chi connectivity index (χ2n) is 2.63. The Labute approximate surface area is 68.3 Å². The molecule has 1 atom stereocenters. The van der Waals surface area contributed by atoms with Crippen LogP contribution >= 0.6 is 0 Å². The van der Waals surface area contributed by atoms with Gasteiger partial charge in [-0.1, -0.05) is 13.8 Å². The van der Waals surface area contributed by atoms with Gasteiger partial charge < -0.3 is 11.1 Å². The van der Waals surface area contributed by atoms with Crippen LogP contribution < -0.4 is 11.1 Å². The number of amides is 1. The summed E-state index contributed by atoms with van der Waals surface area (Å²) in [4.78, 5) is 11.2. The molecular weight excluding hydrogens is 140 g/mol. The Balaban J connectivity index is 3.61. The van der Waals surface area contributed by atoms with Gasteiger partial charge in [-0.15, -0.1) is 0 Å². The summed E-state index contributed by atoms with van der Waals surface area (Å²) in [5.41, 5.74) is 5.40. The first-order valence-electron chi connectivity index (χ1n) is 4.24. The fraction of sp³-hybridized carbons (Fsp3) is 0.875. The topological polar surface area (TPSA) is 55.1 Å². The van der Waals surface area contributed by atoms with E-state index in [2.05, 4.69) is 5.32 Å². The molecule has 0 aliphatic carbocycles. The maximum absolute atomic E-state index is 11.2. The molecule has 1 unspecified atom stereocenters. The van der Waals surface area contributed by atoms with E-state index in [1.165, 1.54) is 0 Å². The molecule has 0 aliphatic rings. The maximum atomic E-state index is 11.2. The van der Waals surface area contributed by atoms with Crippen molar-refractivity contribution < 1.29 is 4.79 Å². The van der Waals surface area contributed by atoms with Gasteiger partial charge in [0.1, 0.15) is 0 Å². The van der Waals surface area contributed by atoms with Crippen LogP contribution in [-0.2, 0) is 4.79 Å². The zero-order chi connectivity index (χ0) is 8.69. The van der Waals surface area contributed by atoms with E-state index in [0.717, 1.165) is 19.4 Å². The average molecular weight is 158 g/mol. The van der Waals surface area contributed by atoms with E-state index < -0.39 is 0 Å². The van der Waals surface area contributed by atoms with Crippen molar-refractivity contribution in [1.29, 1.82) is 0 Å². The molecular formula is C8H18N2O. The number of hydrogen-bond donors (Lipinski definition) is 2. The van der Waals surface area contributed by atoms with Gasteiger partial charge in [-0.25, -0.2) is 0 Å². The lowest BCUT2D eigenvalue weighted by Crippen LogP contribution is -2.34. The standard InChI is InChI=1S/C8H18N2O/c1-3-5-10-8(11)7(4-2)6-9/h7H,3-6,9H2,1-2H3,(H,10,11). The van der Waals surface area contributed by atoms with Crippen LogP contribution in [0.25, 0.3) is 0 Å². The highest BCUT2D eigenvalue weighted by molar-refractivity contribution is 5.78. The van der Waals surface area contributed by atoms with Gasteiger partial charge in [-0.05, 0) is 12.8 Å². The lowest BCUT2D eigenvalue weighted by molar-refractivity contribution is -0.124. The third kappa shape index (κ3) is 3.98. The van der Waals surface area contributed by atoms with Crippen molar-refractivity contribution >= 4 is 5.91 Å². The molecule has 0 rings (SSSR count). The lowest BCUT2D eigenvalue weighted by atomic mass is 10.1. The highest BCUT2D eigenvalue weighted by atomic mass is 16.1. The Kier molecular flexibility index (Phi) is 5.84. The van der Waals surface area contributed by atoms with Crippen LogP contribution in [0.15, 0.2) is 0 Å². The van der Waals surface area contributed by atoms with Gasteiger partial charge in [-0.3, -0.25) is 4.79 Å². The molecule has 66 valence electrons. The summed E-state index contributed by atoms with van der Waals surface area (Å²) in [6.45, 7) is 5.22. The molecule has 0 aliphatic heterocycles. The van der Waals surface area contributed by atoms with Gasteiger partial charge in [-0.2, -0.15) is 0 Å². The minimum absolute atomic E-state index is 0.00144. The summed E-state index contributed by atoms with van der Waals surface area (Å²) in [7, 11) is 0. The van der Waals surface area contributed by atoms with E-state index in [1.807, 2.05) is 13.8 Å². The molecule has 0 spiro atoms. The predicted molar refractivity (Wildman–Crippen MR) is 46.1 cm³/mol. The largest absolute Gasteiger partial charge is 0.356 e. The van der Waals surface area contributed by atoms with Crippen LogP contribution in [-0.4, -0.2) is 19.0 Å². The first-order chi connectivity index (χ1) is 5.26. The number of nitrogens with one attached hydrogen (secondary N) is 1. The molecule has 0 saturated heterocycles. The van der Waals surface area contributed by atoms with Gasteiger partial charge in [0.25, 0.3) is 0 Å². The summed E-state index contributed by atoms with van der Waals surface area (Å²) in [5.74, 6) is 0.0957. The molecule has 0 aromatic heterocycles. The van der Waals surface area contributed by atoms with Crippen molar-refractivity contribution in [2.75, 3.05) is 13.1 Å².